The Morgan fingerprint density at radius 3 is 2.77 bits per heavy atom. The molecule has 0 atom stereocenters. The molecule has 0 unspecified atom stereocenters. The summed E-state index contributed by atoms with van der Waals surface area (Å²) in [7, 11) is 0. The fourth-order valence-corrected chi connectivity index (χ4v) is 4.66. The van der Waals surface area contributed by atoms with Gasteiger partial charge in [0.05, 0.1) is 10.4 Å². The molecule has 1 aromatic carbocycles. The van der Waals surface area contributed by atoms with Gasteiger partial charge in [0, 0.05) is 24.0 Å². The van der Waals surface area contributed by atoms with Crippen molar-refractivity contribution in [1.29, 1.82) is 0 Å². The summed E-state index contributed by atoms with van der Waals surface area (Å²) in [6, 6.07) is 7.04. The summed E-state index contributed by atoms with van der Waals surface area (Å²) in [6.45, 7) is 2.63. The van der Waals surface area contributed by atoms with E-state index >= 15 is 0 Å². The molecule has 2 aromatic rings. The second-order valence-corrected chi connectivity index (χ2v) is 8.65. The number of carbonyl (C=O) groups is 2. The molecule has 158 valence electrons. The average molecular weight is 448 g/mol. The first-order valence-corrected chi connectivity index (χ1v) is 10.9. The van der Waals surface area contributed by atoms with E-state index in [-0.39, 0.29) is 17.9 Å². The monoisotopic (exact) mass is 447 g/mol. The lowest BCUT2D eigenvalue weighted by atomic mass is 9.69. The molecule has 1 spiro atoms. The fourth-order valence-electron chi connectivity index (χ4n) is 4.24. The van der Waals surface area contributed by atoms with Gasteiger partial charge in [-0.25, -0.2) is 4.98 Å². The van der Waals surface area contributed by atoms with E-state index in [1.807, 2.05) is 19.1 Å². The fraction of sp³-hybridized carbons (Fsp3) is 0.409. The molecular formula is C22H23Cl2N3O3. The Hall–Kier alpha value is -2.31. The predicted molar refractivity (Wildman–Crippen MR) is 117 cm³/mol. The van der Waals surface area contributed by atoms with Crippen LogP contribution in [-0.4, -0.2) is 29.4 Å². The quantitative estimate of drug-likeness (QED) is 0.693. The van der Waals surface area contributed by atoms with E-state index < -0.39 is 5.41 Å². The van der Waals surface area contributed by atoms with Crippen LogP contribution in [0, 0.1) is 0 Å². The van der Waals surface area contributed by atoms with Crippen molar-refractivity contribution in [2.45, 2.75) is 50.5 Å². The van der Waals surface area contributed by atoms with Gasteiger partial charge in [-0.05, 0) is 61.9 Å². The minimum absolute atomic E-state index is 0.00952. The van der Waals surface area contributed by atoms with Crippen molar-refractivity contribution in [3.63, 3.8) is 0 Å². The molecule has 0 bridgehead atoms. The summed E-state index contributed by atoms with van der Waals surface area (Å²) < 4.78 is 5.98. The number of nitrogens with zero attached hydrogens (tertiary/aromatic N) is 1. The van der Waals surface area contributed by atoms with E-state index in [1.165, 1.54) is 6.20 Å². The van der Waals surface area contributed by atoms with Crippen LogP contribution in [0.3, 0.4) is 0 Å². The van der Waals surface area contributed by atoms with Crippen molar-refractivity contribution in [3.05, 3.63) is 51.6 Å². The molecule has 30 heavy (non-hydrogen) atoms. The van der Waals surface area contributed by atoms with Crippen LogP contribution in [0.1, 0.15) is 54.9 Å². The van der Waals surface area contributed by atoms with E-state index in [1.54, 1.807) is 12.1 Å². The third kappa shape index (κ3) is 3.86. The van der Waals surface area contributed by atoms with E-state index in [0.29, 0.717) is 53.7 Å². The van der Waals surface area contributed by atoms with Gasteiger partial charge in [-0.15, -0.1) is 0 Å². The van der Waals surface area contributed by atoms with Crippen LogP contribution in [0.5, 0.6) is 5.88 Å². The first kappa shape index (κ1) is 20.9. The highest BCUT2D eigenvalue weighted by Gasteiger charge is 2.49. The van der Waals surface area contributed by atoms with Gasteiger partial charge in [-0.2, -0.15) is 0 Å². The highest BCUT2D eigenvalue weighted by molar-refractivity contribution is 6.35. The number of fused-ring (bicyclic) bond motifs is 2. The van der Waals surface area contributed by atoms with E-state index in [4.69, 9.17) is 27.9 Å². The van der Waals surface area contributed by atoms with Crippen molar-refractivity contribution in [2.24, 2.45) is 0 Å². The number of aromatic nitrogens is 1. The molecule has 1 aliphatic heterocycles. The van der Waals surface area contributed by atoms with Crippen LogP contribution in [0.25, 0.3) is 0 Å². The number of ether oxygens (including phenoxy) is 1. The van der Waals surface area contributed by atoms with E-state index in [0.717, 1.165) is 17.7 Å². The largest absolute Gasteiger partial charge is 0.473 e. The Labute approximate surface area is 185 Å². The first-order chi connectivity index (χ1) is 14.4. The maximum atomic E-state index is 12.9. The molecule has 1 fully saturated rings. The van der Waals surface area contributed by atoms with Gasteiger partial charge >= 0.3 is 0 Å². The standard InChI is InChI=1S/C22H23Cl2N3O3/c1-2-9-25-19(28)13-3-4-18-16(10-13)22(21(29)27-18)7-5-15(6-8-22)30-20-17(24)11-14(23)12-26-20/h3-4,10-12,15H,2,5-9H2,1H3,(H,25,28)(H,27,29). The van der Waals surface area contributed by atoms with Crippen molar-refractivity contribution in [3.8, 4) is 5.88 Å². The Kier molecular flexibility index (Phi) is 5.89. The second kappa shape index (κ2) is 8.44. The number of halogens is 2. The van der Waals surface area contributed by atoms with Crippen molar-refractivity contribution < 1.29 is 14.3 Å². The summed E-state index contributed by atoms with van der Waals surface area (Å²) >= 11 is 12.1. The van der Waals surface area contributed by atoms with Crippen molar-refractivity contribution >= 4 is 40.7 Å². The summed E-state index contributed by atoms with van der Waals surface area (Å²) in [4.78, 5) is 29.5. The Morgan fingerprint density at radius 1 is 1.30 bits per heavy atom. The molecule has 4 rings (SSSR count). The molecule has 1 saturated carbocycles. The first-order valence-electron chi connectivity index (χ1n) is 10.1. The number of pyridine rings is 1. The zero-order chi connectivity index (χ0) is 21.3. The number of benzene rings is 1. The number of anilines is 1. The molecule has 1 aliphatic carbocycles. The highest BCUT2D eigenvalue weighted by Crippen LogP contribution is 2.48. The van der Waals surface area contributed by atoms with Crippen molar-refractivity contribution in [1.82, 2.24) is 10.3 Å². The van der Waals surface area contributed by atoms with Crippen LogP contribution in [0.2, 0.25) is 10.0 Å². The predicted octanol–water partition coefficient (Wildman–Crippen LogP) is 4.74. The minimum atomic E-state index is -0.631. The number of rotatable bonds is 5. The topological polar surface area (TPSA) is 80.3 Å². The van der Waals surface area contributed by atoms with Gasteiger partial charge in [-0.3, -0.25) is 9.59 Å². The number of hydrogen-bond donors (Lipinski definition) is 2. The van der Waals surface area contributed by atoms with Crippen LogP contribution < -0.4 is 15.4 Å². The lowest BCUT2D eigenvalue weighted by molar-refractivity contribution is -0.122. The molecule has 6 nitrogen and oxygen atoms in total. The Balaban J connectivity index is 1.51. The number of nitrogens with one attached hydrogen (secondary N) is 2. The molecule has 2 aliphatic rings. The minimum Gasteiger partial charge on any atom is -0.473 e. The zero-order valence-corrected chi connectivity index (χ0v) is 18.1. The van der Waals surface area contributed by atoms with E-state index in [9.17, 15) is 9.59 Å². The third-order valence-corrected chi connectivity index (χ3v) is 6.33. The molecule has 2 N–H and O–H groups in total. The SMILES string of the molecule is CCCNC(=O)c1ccc2c(c1)C1(CCC(Oc3ncc(Cl)cc3Cl)CC1)C(=O)N2. The highest BCUT2D eigenvalue weighted by atomic mass is 35.5. The molecule has 2 amide bonds. The normalized spacial score (nSPS) is 22.5. The van der Waals surface area contributed by atoms with Crippen LogP contribution >= 0.6 is 23.2 Å². The lowest BCUT2D eigenvalue weighted by Gasteiger charge is -2.35. The van der Waals surface area contributed by atoms with Gasteiger partial charge in [0.25, 0.3) is 5.91 Å². The lowest BCUT2D eigenvalue weighted by Crippen LogP contribution is -2.41. The molecular weight excluding hydrogens is 425 g/mol. The molecule has 0 saturated heterocycles. The maximum absolute atomic E-state index is 12.9. The average Bonchev–Trinajstić information content (AvgIpc) is 3.00. The molecule has 8 heteroatoms. The maximum Gasteiger partial charge on any atom is 0.251 e. The summed E-state index contributed by atoms with van der Waals surface area (Å²) in [5.41, 5.74) is 1.63. The van der Waals surface area contributed by atoms with Gasteiger partial charge in [0.1, 0.15) is 11.1 Å². The van der Waals surface area contributed by atoms with E-state index in [2.05, 4.69) is 15.6 Å². The Morgan fingerprint density at radius 2 is 2.07 bits per heavy atom. The van der Waals surface area contributed by atoms with Gasteiger partial charge in [0.15, 0.2) is 0 Å². The van der Waals surface area contributed by atoms with Crippen LogP contribution in [-0.2, 0) is 10.2 Å². The number of hydrogen-bond acceptors (Lipinski definition) is 4. The smallest absolute Gasteiger partial charge is 0.251 e. The Bertz CT molecular complexity index is 988. The molecule has 1 aromatic heterocycles. The third-order valence-electron chi connectivity index (χ3n) is 5.85. The number of amides is 2. The summed E-state index contributed by atoms with van der Waals surface area (Å²) in [5.74, 6) is 0.229. The van der Waals surface area contributed by atoms with Gasteiger partial charge < -0.3 is 15.4 Å². The van der Waals surface area contributed by atoms with Crippen LogP contribution in [0.15, 0.2) is 30.5 Å². The van der Waals surface area contributed by atoms with Gasteiger partial charge in [0.2, 0.25) is 11.8 Å². The van der Waals surface area contributed by atoms with Crippen LogP contribution in [0.4, 0.5) is 5.69 Å². The summed E-state index contributed by atoms with van der Waals surface area (Å²) in [5, 5.41) is 6.70. The number of carbonyl (C=O) groups excluding carboxylic acids is 2. The summed E-state index contributed by atoms with van der Waals surface area (Å²) in [6.07, 6.45) is 4.89. The molecule has 0 radical (unpaired) electrons. The zero-order valence-electron chi connectivity index (χ0n) is 16.6. The van der Waals surface area contributed by atoms with Crippen molar-refractivity contribution in [2.75, 3.05) is 11.9 Å². The second-order valence-electron chi connectivity index (χ2n) is 7.81. The van der Waals surface area contributed by atoms with Gasteiger partial charge in [-0.1, -0.05) is 30.1 Å². The molecule has 2 heterocycles.